The minimum atomic E-state index is -0.299. The highest BCUT2D eigenvalue weighted by atomic mass is 79.9. The zero-order valence-electron chi connectivity index (χ0n) is 16.9. The number of ether oxygens (including phenoxy) is 2. The molecule has 4 aromatic rings. The number of aromatic amines is 1. The molecule has 0 amide bonds. The molecule has 0 atom stereocenters. The zero-order chi connectivity index (χ0) is 20.9. The van der Waals surface area contributed by atoms with Crippen molar-refractivity contribution in [2.45, 2.75) is 26.2 Å². The lowest BCUT2D eigenvalue weighted by atomic mass is 10.0. The van der Waals surface area contributed by atoms with Gasteiger partial charge in [0.2, 0.25) is 0 Å². The predicted molar refractivity (Wildman–Crippen MR) is 124 cm³/mol. The molecule has 0 aliphatic carbocycles. The van der Waals surface area contributed by atoms with Gasteiger partial charge in [-0.1, -0.05) is 52.3 Å². The third-order valence-electron chi connectivity index (χ3n) is 5.18. The van der Waals surface area contributed by atoms with E-state index in [0.29, 0.717) is 18.9 Å². The molecule has 30 heavy (non-hydrogen) atoms. The van der Waals surface area contributed by atoms with Gasteiger partial charge in [0.15, 0.2) is 0 Å². The Morgan fingerprint density at radius 3 is 2.70 bits per heavy atom. The molecule has 5 heteroatoms. The number of hydrogen-bond acceptors (Lipinski definition) is 3. The van der Waals surface area contributed by atoms with Gasteiger partial charge in [0.05, 0.1) is 13.2 Å². The van der Waals surface area contributed by atoms with Crippen molar-refractivity contribution in [1.29, 1.82) is 0 Å². The molecule has 0 fully saturated rings. The van der Waals surface area contributed by atoms with Crippen molar-refractivity contribution in [2.75, 3.05) is 13.2 Å². The third-order valence-corrected chi connectivity index (χ3v) is 5.67. The molecule has 154 valence electrons. The highest BCUT2D eigenvalue weighted by Crippen LogP contribution is 2.28. The first-order valence-electron chi connectivity index (χ1n) is 10.2. The molecule has 1 N–H and O–H groups in total. The van der Waals surface area contributed by atoms with Crippen molar-refractivity contribution < 1.29 is 14.3 Å². The van der Waals surface area contributed by atoms with Crippen LogP contribution < -0.4 is 4.74 Å². The van der Waals surface area contributed by atoms with E-state index >= 15 is 0 Å². The molecule has 0 aliphatic rings. The second-order valence-electron chi connectivity index (χ2n) is 7.17. The highest BCUT2D eigenvalue weighted by Gasteiger charge is 2.18. The molecule has 0 aliphatic heterocycles. The Morgan fingerprint density at radius 1 is 1.00 bits per heavy atom. The van der Waals surface area contributed by atoms with Gasteiger partial charge in [-0.05, 0) is 61.4 Å². The summed E-state index contributed by atoms with van der Waals surface area (Å²) in [5.41, 5.74) is 2.51. The van der Waals surface area contributed by atoms with Gasteiger partial charge < -0.3 is 14.5 Å². The number of H-pyrrole nitrogens is 1. The van der Waals surface area contributed by atoms with Gasteiger partial charge >= 0.3 is 5.97 Å². The monoisotopic (exact) mass is 465 g/mol. The number of nitrogens with one attached hydrogen (secondary N) is 1. The summed E-state index contributed by atoms with van der Waals surface area (Å²) in [5, 5.41) is 3.37. The van der Waals surface area contributed by atoms with E-state index in [1.165, 1.54) is 5.39 Å². The summed E-state index contributed by atoms with van der Waals surface area (Å²) < 4.78 is 12.3. The zero-order valence-corrected chi connectivity index (χ0v) is 18.5. The predicted octanol–water partition coefficient (Wildman–Crippen LogP) is 6.66. The maximum absolute atomic E-state index is 12.4. The van der Waals surface area contributed by atoms with Gasteiger partial charge in [0, 0.05) is 20.8 Å². The molecular formula is C25H24BrNO3. The maximum Gasteiger partial charge on any atom is 0.355 e. The van der Waals surface area contributed by atoms with Gasteiger partial charge in [-0.3, -0.25) is 0 Å². The van der Waals surface area contributed by atoms with E-state index in [1.807, 2.05) is 43.3 Å². The van der Waals surface area contributed by atoms with E-state index in [0.717, 1.165) is 51.3 Å². The first-order valence-corrected chi connectivity index (χ1v) is 11.0. The first-order chi connectivity index (χ1) is 14.7. The number of aryl methyl sites for hydroxylation is 1. The average molecular weight is 466 g/mol. The van der Waals surface area contributed by atoms with Gasteiger partial charge in [-0.15, -0.1) is 0 Å². The molecule has 4 rings (SSSR count). The van der Waals surface area contributed by atoms with E-state index in [1.54, 1.807) is 0 Å². The largest absolute Gasteiger partial charge is 0.493 e. The molecule has 4 nitrogen and oxygen atoms in total. The van der Waals surface area contributed by atoms with Gasteiger partial charge in [-0.25, -0.2) is 4.79 Å². The fourth-order valence-electron chi connectivity index (χ4n) is 3.76. The van der Waals surface area contributed by atoms with Crippen LogP contribution in [-0.4, -0.2) is 24.2 Å². The van der Waals surface area contributed by atoms with E-state index in [4.69, 9.17) is 9.47 Å². The first kappa shape index (κ1) is 20.5. The van der Waals surface area contributed by atoms with Crippen LogP contribution in [0.5, 0.6) is 5.75 Å². The lowest BCUT2D eigenvalue weighted by Crippen LogP contribution is -2.08. The number of carbonyl (C=O) groups is 1. The molecule has 0 saturated heterocycles. The SMILES string of the molecule is CCOC(=O)c1[nH]c2ccc(Br)cc2c1CCCCOc1cccc2ccccc12. The molecule has 1 aromatic heterocycles. The summed E-state index contributed by atoms with van der Waals surface area (Å²) in [6, 6.07) is 20.4. The molecule has 0 unspecified atom stereocenters. The van der Waals surface area contributed by atoms with E-state index in [-0.39, 0.29) is 5.97 Å². The summed E-state index contributed by atoms with van der Waals surface area (Å²) in [4.78, 5) is 15.7. The van der Waals surface area contributed by atoms with Crippen molar-refractivity contribution in [3.05, 3.63) is 76.4 Å². The topological polar surface area (TPSA) is 51.3 Å². The maximum atomic E-state index is 12.4. The number of esters is 1. The van der Waals surface area contributed by atoms with Gasteiger partial charge in [-0.2, -0.15) is 0 Å². The Hall–Kier alpha value is -2.79. The van der Waals surface area contributed by atoms with Crippen molar-refractivity contribution in [1.82, 2.24) is 4.98 Å². The molecule has 0 radical (unpaired) electrons. The van der Waals surface area contributed by atoms with Crippen LogP contribution in [0, 0.1) is 0 Å². The van der Waals surface area contributed by atoms with Crippen LogP contribution in [0.15, 0.2) is 65.1 Å². The van der Waals surface area contributed by atoms with Crippen LogP contribution in [-0.2, 0) is 11.2 Å². The van der Waals surface area contributed by atoms with Crippen molar-refractivity contribution in [2.24, 2.45) is 0 Å². The number of hydrogen-bond donors (Lipinski definition) is 1. The van der Waals surface area contributed by atoms with Crippen LogP contribution in [0.4, 0.5) is 0 Å². The molecule has 3 aromatic carbocycles. The number of halogens is 1. The molecule has 0 bridgehead atoms. The average Bonchev–Trinajstić information content (AvgIpc) is 3.11. The normalized spacial score (nSPS) is 11.1. The Labute approximate surface area is 184 Å². The number of benzene rings is 3. The fourth-order valence-corrected chi connectivity index (χ4v) is 4.13. The minimum absolute atomic E-state index is 0.299. The smallest absolute Gasteiger partial charge is 0.355 e. The summed E-state index contributed by atoms with van der Waals surface area (Å²) in [6.45, 7) is 2.81. The summed E-state index contributed by atoms with van der Waals surface area (Å²) in [5.74, 6) is 0.614. The fraction of sp³-hybridized carbons (Fsp3) is 0.240. The Balaban J connectivity index is 1.44. The molecular weight excluding hydrogens is 442 g/mol. The Bertz CT molecular complexity index is 1180. The van der Waals surface area contributed by atoms with Crippen molar-refractivity contribution >= 4 is 43.6 Å². The van der Waals surface area contributed by atoms with Crippen LogP contribution in [0.2, 0.25) is 0 Å². The molecule has 1 heterocycles. The van der Waals surface area contributed by atoms with Crippen LogP contribution in [0.3, 0.4) is 0 Å². The second kappa shape index (κ2) is 9.35. The quantitative estimate of drug-likeness (QED) is 0.233. The Morgan fingerprint density at radius 2 is 1.83 bits per heavy atom. The summed E-state index contributed by atoms with van der Waals surface area (Å²) >= 11 is 3.53. The number of carbonyl (C=O) groups excluding carboxylic acids is 1. The van der Waals surface area contributed by atoms with E-state index in [9.17, 15) is 4.79 Å². The lowest BCUT2D eigenvalue weighted by molar-refractivity contribution is 0.0519. The third kappa shape index (κ3) is 4.36. The number of unbranched alkanes of at least 4 members (excludes halogenated alkanes) is 1. The van der Waals surface area contributed by atoms with Crippen LogP contribution in [0.25, 0.3) is 21.7 Å². The summed E-state index contributed by atoms with van der Waals surface area (Å²) in [7, 11) is 0. The lowest BCUT2D eigenvalue weighted by Gasteiger charge is -2.09. The van der Waals surface area contributed by atoms with E-state index < -0.39 is 0 Å². The second-order valence-corrected chi connectivity index (χ2v) is 8.09. The molecule has 0 spiro atoms. The van der Waals surface area contributed by atoms with Crippen molar-refractivity contribution in [3.8, 4) is 5.75 Å². The highest BCUT2D eigenvalue weighted by molar-refractivity contribution is 9.10. The van der Waals surface area contributed by atoms with Crippen LogP contribution in [0.1, 0.15) is 35.8 Å². The number of rotatable bonds is 8. The standard InChI is InChI=1S/C25H24BrNO3/c1-2-29-25(28)24-20(21-16-18(26)13-14-22(21)27-24)11-5-6-15-30-23-12-7-9-17-8-3-4-10-19(17)23/h3-4,7-10,12-14,16,27H,2,5-6,11,15H2,1H3. The van der Waals surface area contributed by atoms with Crippen molar-refractivity contribution in [3.63, 3.8) is 0 Å². The number of aromatic nitrogens is 1. The van der Waals surface area contributed by atoms with Gasteiger partial charge in [0.25, 0.3) is 0 Å². The van der Waals surface area contributed by atoms with E-state index in [2.05, 4.69) is 45.2 Å². The van der Waals surface area contributed by atoms with Gasteiger partial charge in [0.1, 0.15) is 11.4 Å². The Kier molecular flexibility index (Phi) is 6.38. The summed E-state index contributed by atoms with van der Waals surface area (Å²) in [6.07, 6.45) is 2.59. The van der Waals surface area contributed by atoms with Crippen LogP contribution >= 0.6 is 15.9 Å². The molecule has 0 saturated carbocycles. The minimum Gasteiger partial charge on any atom is -0.493 e. The number of fused-ring (bicyclic) bond motifs is 2.